The second-order valence-corrected chi connectivity index (χ2v) is 6.32. The summed E-state index contributed by atoms with van der Waals surface area (Å²) < 4.78 is 5.24. The molecule has 1 heterocycles. The van der Waals surface area contributed by atoms with Gasteiger partial charge in [-0.1, -0.05) is 29.8 Å². The van der Waals surface area contributed by atoms with Crippen LogP contribution in [0.2, 0.25) is 5.02 Å². The molecule has 3 aromatic rings. The third-order valence-corrected chi connectivity index (χ3v) is 4.02. The summed E-state index contributed by atoms with van der Waals surface area (Å²) in [6.07, 6.45) is 0.863. The number of benzene rings is 2. The Morgan fingerprint density at radius 1 is 1.04 bits per heavy atom. The van der Waals surface area contributed by atoms with E-state index in [2.05, 4.69) is 26.7 Å². The molecule has 26 heavy (non-hydrogen) atoms. The Morgan fingerprint density at radius 3 is 2.69 bits per heavy atom. The normalized spacial score (nSPS) is 10.4. The van der Waals surface area contributed by atoms with Crippen molar-refractivity contribution in [2.24, 2.45) is 0 Å². The van der Waals surface area contributed by atoms with Gasteiger partial charge >= 0.3 is 0 Å². The van der Waals surface area contributed by atoms with Crippen molar-refractivity contribution in [3.8, 4) is 5.75 Å². The fourth-order valence-electron chi connectivity index (χ4n) is 2.57. The number of methoxy groups -OCH3 is 1. The molecule has 0 fully saturated rings. The van der Waals surface area contributed by atoms with Crippen LogP contribution in [0.1, 0.15) is 11.3 Å². The van der Waals surface area contributed by atoms with Crippen LogP contribution in [0.15, 0.2) is 54.6 Å². The molecule has 0 spiro atoms. The van der Waals surface area contributed by atoms with E-state index in [1.54, 1.807) is 7.11 Å². The summed E-state index contributed by atoms with van der Waals surface area (Å²) in [5.74, 6) is 2.11. The average molecular weight is 369 g/mol. The molecule has 3 rings (SSSR count). The van der Waals surface area contributed by atoms with Gasteiger partial charge in [-0.05, 0) is 43.2 Å². The van der Waals surface area contributed by atoms with Crippen LogP contribution >= 0.6 is 11.6 Å². The van der Waals surface area contributed by atoms with Gasteiger partial charge in [0.2, 0.25) is 5.95 Å². The number of hydrogen-bond donors (Lipinski definition) is 2. The molecule has 2 N–H and O–H groups in total. The molecule has 134 valence electrons. The second kappa shape index (κ2) is 8.54. The Balaban J connectivity index is 1.65. The van der Waals surface area contributed by atoms with Gasteiger partial charge < -0.3 is 15.4 Å². The molecule has 0 amide bonds. The number of nitrogens with one attached hydrogen (secondary N) is 2. The van der Waals surface area contributed by atoms with Crippen molar-refractivity contribution < 1.29 is 4.74 Å². The van der Waals surface area contributed by atoms with Crippen molar-refractivity contribution in [3.63, 3.8) is 0 Å². The Labute approximate surface area is 158 Å². The van der Waals surface area contributed by atoms with Crippen LogP contribution in [0.5, 0.6) is 5.75 Å². The van der Waals surface area contributed by atoms with Crippen LogP contribution < -0.4 is 15.4 Å². The first-order valence-electron chi connectivity index (χ1n) is 8.37. The van der Waals surface area contributed by atoms with Gasteiger partial charge in [0.1, 0.15) is 11.6 Å². The van der Waals surface area contributed by atoms with Gasteiger partial charge in [0, 0.05) is 35.1 Å². The number of nitrogens with zero attached hydrogens (tertiary/aromatic N) is 2. The van der Waals surface area contributed by atoms with Gasteiger partial charge in [0.25, 0.3) is 0 Å². The van der Waals surface area contributed by atoms with Crippen molar-refractivity contribution in [2.75, 3.05) is 24.3 Å². The fraction of sp³-hybridized carbons (Fsp3) is 0.200. The summed E-state index contributed by atoms with van der Waals surface area (Å²) in [6, 6.07) is 17.5. The van der Waals surface area contributed by atoms with E-state index >= 15 is 0 Å². The highest BCUT2D eigenvalue weighted by molar-refractivity contribution is 6.30. The molecule has 2 aromatic carbocycles. The lowest BCUT2D eigenvalue weighted by atomic mass is 10.1. The third kappa shape index (κ3) is 5.10. The quantitative estimate of drug-likeness (QED) is 0.624. The maximum Gasteiger partial charge on any atom is 0.229 e. The molecule has 6 heteroatoms. The summed E-state index contributed by atoms with van der Waals surface area (Å²) >= 11 is 6.02. The van der Waals surface area contributed by atoms with Crippen LogP contribution in [-0.4, -0.2) is 23.6 Å². The monoisotopic (exact) mass is 368 g/mol. The van der Waals surface area contributed by atoms with Gasteiger partial charge in [-0.25, -0.2) is 4.98 Å². The van der Waals surface area contributed by atoms with E-state index in [-0.39, 0.29) is 0 Å². The molecule has 1 aromatic heterocycles. The molecule has 0 saturated carbocycles. The maximum atomic E-state index is 6.02. The van der Waals surface area contributed by atoms with E-state index in [4.69, 9.17) is 16.3 Å². The molecule has 0 saturated heterocycles. The number of rotatable bonds is 7. The number of hydrogen-bond acceptors (Lipinski definition) is 5. The molecular formula is C20H21ClN4O. The van der Waals surface area contributed by atoms with E-state index in [0.29, 0.717) is 5.95 Å². The first-order valence-corrected chi connectivity index (χ1v) is 8.75. The summed E-state index contributed by atoms with van der Waals surface area (Å²) in [7, 11) is 1.64. The standard InChI is InChI=1S/C20H21ClN4O/c1-14-11-19(22-10-9-15-5-3-6-16(21)12-15)25-20(23-14)24-17-7-4-8-18(13-17)26-2/h3-8,11-13H,9-10H2,1-2H3,(H2,22,23,24,25). The van der Waals surface area contributed by atoms with Crippen LogP contribution in [-0.2, 0) is 6.42 Å². The van der Waals surface area contributed by atoms with E-state index in [9.17, 15) is 0 Å². The highest BCUT2D eigenvalue weighted by Crippen LogP contribution is 2.20. The molecular weight excluding hydrogens is 348 g/mol. The Kier molecular flexibility index (Phi) is 5.92. The predicted octanol–water partition coefficient (Wildman–Crippen LogP) is 4.85. The number of ether oxygens (including phenoxy) is 1. The molecule has 0 aliphatic heterocycles. The average Bonchev–Trinajstić information content (AvgIpc) is 2.61. The topological polar surface area (TPSA) is 59.1 Å². The van der Waals surface area contributed by atoms with Gasteiger partial charge in [-0.3, -0.25) is 0 Å². The van der Waals surface area contributed by atoms with Crippen molar-refractivity contribution in [2.45, 2.75) is 13.3 Å². The number of anilines is 3. The summed E-state index contributed by atoms with van der Waals surface area (Å²) in [5, 5.41) is 7.31. The molecule has 0 bridgehead atoms. The first kappa shape index (κ1) is 18.0. The van der Waals surface area contributed by atoms with Gasteiger partial charge in [0.15, 0.2) is 0 Å². The van der Waals surface area contributed by atoms with E-state index in [1.165, 1.54) is 5.56 Å². The maximum absolute atomic E-state index is 6.02. The van der Waals surface area contributed by atoms with Crippen LogP contribution in [0.4, 0.5) is 17.5 Å². The largest absolute Gasteiger partial charge is 0.497 e. The minimum Gasteiger partial charge on any atom is -0.497 e. The summed E-state index contributed by atoms with van der Waals surface area (Å²) in [6.45, 7) is 2.70. The lowest BCUT2D eigenvalue weighted by Crippen LogP contribution is -2.08. The smallest absolute Gasteiger partial charge is 0.229 e. The fourth-order valence-corrected chi connectivity index (χ4v) is 2.79. The molecule has 0 atom stereocenters. The van der Waals surface area contributed by atoms with Gasteiger partial charge in [-0.15, -0.1) is 0 Å². The van der Waals surface area contributed by atoms with Gasteiger partial charge in [0.05, 0.1) is 7.11 Å². The lowest BCUT2D eigenvalue weighted by Gasteiger charge is -2.11. The zero-order valence-electron chi connectivity index (χ0n) is 14.8. The zero-order chi connectivity index (χ0) is 18.4. The van der Waals surface area contributed by atoms with Crippen LogP contribution in [0.3, 0.4) is 0 Å². The Morgan fingerprint density at radius 2 is 1.88 bits per heavy atom. The van der Waals surface area contributed by atoms with Crippen molar-refractivity contribution in [1.29, 1.82) is 0 Å². The molecule has 0 aliphatic rings. The zero-order valence-corrected chi connectivity index (χ0v) is 15.5. The molecule has 5 nitrogen and oxygen atoms in total. The first-order chi connectivity index (χ1) is 12.6. The SMILES string of the molecule is COc1cccc(Nc2nc(C)cc(NCCc3cccc(Cl)c3)n2)c1. The van der Waals surface area contributed by atoms with Crippen LogP contribution in [0.25, 0.3) is 0 Å². The van der Waals surface area contributed by atoms with Gasteiger partial charge in [-0.2, -0.15) is 4.98 Å². The summed E-state index contributed by atoms with van der Waals surface area (Å²) in [5.41, 5.74) is 2.95. The molecule has 0 unspecified atom stereocenters. The van der Waals surface area contributed by atoms with E-state index in [1.807, 2.05) is 55.5 Å². The number of aromatic nitrogens is 2. The van der Waals surface area contributed by atoms with Crippen molar-refractivity contribution in [3.05, 3.63) is 70.9 Å². The highest BCUT2D eigenvalue weighted by atomic mass is 35.5. The second-order valence-electron chi connectivity index (χ2n) is 5.88. The van der Waals surface area contributed by atoms with Crippen LogP contribution in [0, 0.1) is 6.92 Å². The predicted molar refractivity (Wildman–Crippen MR) is 107 cm³/mol. The third-order valence-electron chi connectivity index (χ3n) is 3.79. The summed E-state index contributed by atoms with van der Waals surface area (Å²) in [4.78, 5) is 8.97. The van der Waals surface area contributed by atoms with E-state index in [0.717, 1.165) is 40.9 Å². The van der Waals surface area contributed by atoms with E-state index < -0.39 is 0 Å². The number of halogens is 1. The highest BCUT2D eigenvalue weighted by Gasteiger charge is 2.04. The molecule has 0 radical (unpaired) electrons. The molecule has 0 aliphatic carbocycles. The minimum absolute atomic E-state index is 0.545. The minimum atomic E-state index is 0.545. The lowest BCUT2D eigenvalue weighted by molar-refractivity contribution is 0.415. The Hall–Kier alpha value is -2.79. The van der Waals surface area contributed by atoms with Crippen molar-refractivity contribution in [1.82, 2.24) is 9.97 Å². The Bertz CT molecular complexity index is 885. The number of aryl methyl sites for hydroxylation is 1. The van der Waals surface area contributed by atoms with Crippen molar-refractivity contribution >= 4 is 29.1 Å².